The summed E-state index contributed by atoms with van der Waals surface area (Å²) < 4.78 is 64.7. The lowest BCUT2D eigenvalue weighted by atomic mass is 10.2. The van der Waals surface area contributed by atoms with E-state index in [0.717, 1.165) is 5.06 Å². The number of hydrogen-bond acceptors (Lipinski definition) is 8. The van der Waals surface area contributed by atoms with E-state index in [1.807, 2.05) is 0 Å². The van der Waals surface area contributed by atoms with Gasteiger partial charge in [0, 0.05) is 31.5 Å². The van der Waals surface area contributed by atoms with Crippen molar-refractivity contribution in [3.05, 3.63) is 40.9 Å². The first kappa shape index (κ1) is 19.1. The standard InChI is InChI=1S/C12H11ClF3N5O3S/c1-21(24-25(22)23)10-7(3-2-4-17-10)5-18-9-8(12(14,15)16)6-19-11(13)20-9/h2-4,6,25H,5H2,1H3,(H,18,19,20). The molecule has 0 spiro atoms. The van der Waals surface area contributed by atoms with Gasteiger partial charge in [0.15, 0.2) is 5.82 Å². The van der Waals surface area contributed by atoms with Crippen molar-refractivity contribution in [1.29, 1.82) is 0 Å². The van der Waals surface area contributed by atoms with E-state index < -0.39 is 28.5 Å². The number of nitrogens with one attached hydrogen (secondary N) is 1. The summed E-state index contributed by atoms with van der Waals surface area (Å²) in [5.74, 6) is -0.413. The molecule has 0 unspecified atom stereocenters. The molecule has 2 aromatic rings. The monoisotopic (exact) mass is 397 g/mol. The number of thiol groups is 1. The van der Waals surface area contributed by atoms with Gasteiger partial charge in [-0.25, -0.2) is 28.4 Å². The van der Waals surface area contributed by atoms with Gasteiger partial charge in [-0.05, 0) is 17.7 Å². The van der Waals surface area contributed by atoms with Crippen LogP contribution in [0.2, 0.25) is 5.28 Å². The maximum absolute atomic E-state index is 13.0. The maximum atomic E-state index is 13.0. The van der Waals surface area contributed by atoms with Crippen LogP contribution in [0.15, 0.2) is 24.5 Å². The second-order valence-corrected chi connectivity index (χ2v) is 5.49. The molecule has 2 aromatic heterocycles. The fourth-order valence-electron chi connectivity index (χ4n) is 1.87. The van der Waals surface area contributed by atoms with Gasteiger partial charge in [-0.3, -0.25) is 0 Å². The third-order valence-electron chi connectivity index (χ3n) is 2.87. The van der Waals surface area contributed by atoms with Crippen LogP contribution in [0.1, 0.15) is 11.1 Å². The number of hydrogen-bond donors (Lipinski definition) is 2. The average Bonchev–Trinajstić information content (AvgIpc) is 2.51. The molecule has 0 aromatic carbocycles. The molecule has 0 atom stereocenters. The average molecular weight is 398 g/mol. The van der Waals surface area contributed by atoms with Crippen LogP contribution in [0.5, 0.6) is 0 Å². The first-order valence-electron chi connectivity index (χ1n) is 6.52. The van der Waals surface area contributed by atoms with E-state index in [1.54, 1.807) is 0 Å². The van der Waals surface area contributed by atoms with Crippen LogP contribution in [0.25, 0.3) is 0 Å². The smallest absolute Gasteiger partial charge is 0.365 e. The highest BCUT2D eigenvalue weighted by Gasteiger charge is 2.35. The highest BCUT2D eigenvalue weighted by Crippen LogP contribution is 2.34. The molecular formula is C12H11ClF3N5O3S. The van der Waals surface area contributed by atoms with Crippen molar-refractivity contribution >= 4 is 34.2 Å². The van der Waals surface area contributed by atoms with Crippen molar-refractivity contribution in [2.45, 2.75) is 12.7 Å². The number of pyridine rings is 1. The van der Waals surface area contributed by atoms with Crippen molar-refractivity contribution in [3.8, 4) is 0 Å². The van der Waals surface area contributed by atoms with Gasteiger partial charge in [-0.1, -0.05) is 6.07 Å². The summed E-state index contributed by atoms with van der Waals surface area (Å²) in [6, 6.07) is 3.06. The van der Waals surface area contributed by atoms with Crippen molar-refractivity contribution in [2.75, 3.05) is 17.4 Å². The number of anilines is 2. The summed E-state index contributed by atoms with van der Waals surface area (Å²) in [5, 5.41) is 3.02. The highest BCUT2D eigenvalue weighted by molar-refractivity contribution is 7.67. The summed E-state index contributed by atoms with van der Waals surface area (Å²) in [4.78, 5) is 10.8. The van der Waals surface area contributed by atoms with Crippen LogP contribution in [-0.4, -0.2) is 30.4 Å². The Hall–Kier alpha value is -2.18. The number of nitrogens with zero attached hydrogens (tertiary/aromatic N) is 4. The maximum Gasteiger partial charge on any atom is 0.421 e. The van der Waals surface area contributed by atoms with Crippen molar-refractivity contribution in [2.24, 2.45) is 0 Å². The van der Waals surface area contributed by atoms with Crippen LogP contribution < -0.4 is 10.4 Å². The lowest BCUT2D eigenvalue weighted by molar-refractivity contribution is -0.137. The van der Waals surface area contributed by atoms with Crippen LogP contribution in [0, 0.1) is 0 Å². The molecule has 0 radical (unpaired) electrons. The number of rotatable bonds is 6. The first-order chi connectivity index (χ1) is 11.7. The van der Waals surface area contributed by atoms with Crippen molar-refractivity contribution < 1.29 is 25.9 Å². The molecule has 13 heteroatoms. The highest BCUT2D eigenvalue weighted by atomic mass is 35.5. The van der Waals surface area contributed by atoms with Gasteiger partial charge in [-0.2, -0.15) is 13.2 Å². The van der Waals surface area contributed by atoms with E-state index in [9.17, 15) is 21.6 Å². The molecule has 0 saturated carbocycles. The Kier molecular flexibility index (Phi) is 5.98. The van der Waals surface area contributed by atoms with Gasteiger partial charge >= 0.3 is 6.18 Å². The number of hydroxylamine groups is 1. The zero-order chi connectivity index (χ0) is 18.6. The third kappa shape index (κ3) is 5.14. The second kappa shape index (κ2) is 7.80. The van der Waals surface area contributed by atoms with Crippen LogP contribution in [0.4, 0.5) is 24.8 Å². The minimum Gasteiger partial charge on any atom is -0.365 e. The lowest BCUT2D eigenvalue weighted by Crippen LogP contribution is -2.21. The van der Waals surface area contributed by atoms with E-state index in [2.05, 4.69) is 24.6 Å². The summed E-state index contributed by atoms with van der Waals surface area (Å²) >= 11 is 5.55. The number of alkyl halides is 3. The van der Waals surface area contributed by atoms with Crippen LogP contribution >= 0.6 is 11.6 Å². The fourth-order valence-corrected chi connectivity index (χ4v) is 2.28. The fraction of sp³-hybridized carbons (Fsp3) is 0.250. The van der Waals surface area contributed by atoms with Crippen molar-refractivity contribution in [1.82, 2.24) is 15.0 Å². The zero-order valence-electron chi connectivity index (χ0n) is 12.5. The van der Waals surface area contributed by atoms with E-state index in [0.29, 0.717) is 11.8 Å². The van der Waals surface area contributed by atoms with E-state index in [4.69, 9.17) is 11.6 Å². The Balaban J connectivity index is 2.27. The number of halogens is 4. The second-order valence-electron chi connectivity index (χ2n) is 4.54. The molecule has 0 bridgehead atoms. The van der Waals surface area contributed by atoms with Crippen molar-refractivity contribution in [3.63, 3.8) is 0 Å². The molecule has 0 aliphatic rings. The Bertz CT molecular complexity index is 826. The third-order valence-corrected chi connectivity index (χ3v) is 3.43. The molecule has 1 N–H and O–H groups in total. The number of aromatic nitrogens is 3. The zero-order valence-corrected chi connectivity index (χ0v) is 14.1. The lowest BCUT2D eigenvalue weighted by Gasteiger charge is -2.18. The molecule has 0 amide bonds. The quantitative estimate of drug-likeness (QED) is 0.434. The molecular weight excluding hydrogens is 387 g/mol. The van der Waals surface area contributed by atoms with Gasteiger partial charge in [-0.15, -0.1) is 4.28 Å². The van der Waals surface area contributed by atoms with E-state index in [1.165, 1.54) is 25.4 Å². The van der Waals surface area contributed by atoms with Gasteiger partial charge < -0.3 is 5.32 Å². The summed E-state index contributed by atoms with van der Waals surface area (Å²) in [7, 11) is -1.88. The molecule has 0 aliphatic heterocycles. The van der Waals surface area contributed by atoms with Gasteiger partial charge in [0.25, 0.3) is 11.0 Å². The van der Waals surface area contributed by atoms with E-state index in [-0.39, 0.29) is 17.6 Å². The van der Waals surface area contributed by atoms with E-state index >= 15 is 0 Å². The molecule has 136 valence electrons. The van der Waals surface area contributed by atoms with Gasteiger partial charge in [0.05, 0.1) is 0 Å². The molecule has 0 saturated heterocycles. The normalized spacial score (nSPS) is 11.6. The molecule has 0 fully saturated rings. The Labute approximate surface area is 146 Å². The predicted octanol–water partition coefficient (Wildman–Crippen LogP) is 2.05. The molecule has 2 heterocycles. The topological polar surface area (TPSA) is 97.3 Å². The summed E-state index contributed by atoms with van der Waals surface area (Å²) in [5.41, 5.74) is -0.723. The Morgan fingerprint density at radius 1 is 1.36 bits per heavy atom. The molecule has 2 rings (SSSR count). The molecule has 0 aliphatic carbocycles. The summed E-state index contributed by atoms with van der Waals surface area (Å²) in [6.45, 7) is -0.150. The predicted molar refractivity (Wildman–Crippen MR) is 83.4 cm³/mol. The largest absolute Gasteiger partial charge is 0.421 e. The molecule has 8 nitrogen and oxygen atoms in total. The van der Waals surface area contributed by atoms with Gasteiger partial charge in [0.2, 0.25) is 5.28 Å². The SMILES string of the molecule is CN(O[SH](=O)=O)c1ncccc1CNc1nc(Cl)ncc1C(F)(F)F. The first-order valence-corrected chi connectivity index (χ1v) is 7.99. The minimum atomic E-state index is -4.68. The van der Waals surface area contributed by atoms with Crippen LogP contribution in [0.3, 0.4) is 0 Å². The molecule has 25 heavy (non-hydrogen) atoms. The van der Waals surface area contributed by atoms with Crippen LogP contribution in [-0.2, 0) is 28.0 Å². The Morgan fingerprint density at radius 3 is 2.72 bits per heavy atom. The van der Waals surface area contributed by atoms with Gasteiger partial charge in [0.1, 0.15) is 11.4 Å². The summed E-state index contributed by atoms with van der Waals surface area (Å²) in [6.07, 6.45) is -2.73. The Morgan fingerprint density at radius 2 is 2.08 bits per heavy atom. The minimum absolute atomic E-state index is 0.0999.